The zero-order valence-corrected chi connectivity index (χ0v) is 14.0. The molecule has 0 spiro atoms. The van der Waals surface area contributed by atoms with E-state index in [2.05, 4.69) is 29.3 Å². The molecule has 0 aliphatic carbocycles. The highest BCUT2D eigenvalue weighted by Gasteiger charge is 2.22. The number of amides is 1. The van der Waals surface area contributed by atoms with Gasteiger partial charge >= 0.3 is 0 Å². The minimum absolute atomic E-state index is 0.129. The van der Waals surface area contributed by atoms with Crippen molar-refractivity contribution in [2.24, 2.45) is 5.92 Å². The summed E-state index contributed by atoms with van der Waals surface area (Å²) < 4.78 is 5.19. The highest BCUT2D eigenvalue weighted by molar-refractivity contribution is 5.78. The third kappa shape index (κ3) is 4.39. The molecular formula is C18H28N2O2. The molecule has 0 saturated carbocycles. The summed E-state index contributed by atoms with van der Waals surface area (Å²) >= 11 is 0. The van der Waals surface area contributed by atoms with Crippen molar-refractivity contribution in [1.82, 2.24) is 5.32 Å². The van der Waals surface area contributed by atoms with Gasteiger partial charge in [0.15, 0.2) is 0 Å². The summed E-state index contributed by atoms with van der Waals surface area (Å²) in [5.74, 6) is 1.23. The maximum atomic E-state index is 12.1. The van der Waals surface area contributed by atoms with Gasteiger partial charge in [-0.3, -0.25) is 4.79 Å². The second kappa shape index (κ2) is 8.06. The molecule has 1 N–H and O–H groups in total. The number of piperidine rings is 1. The van der Waals surface area contributed by atoms with Crippen LogP contribution in [0.2, 0.25) is 0 Å². The first kappa shape index (κ1) is 16.7. The van der Waals surface area contributed by atoms with Crippen LogP contribution in [0.1, 0.15) is 39.5 Å². The number of rotatable bonds is 6. The molecule has 0 unspecified atom stereocenters. The molecule has 4 nitrogen and oxygen atoms in total. The predicted octanol–water partition coefficient (Wildman–Crippen LogP) is 3.22. The largest absolute Gasteiger partial charge is 0.497 e. The topological polar surface area (TPSA) is 41.6 Å². The van der Waals surface area contributed by atoms with E-state index in [0.717, 1.165) is 44.5 Å². The summed E-state index contributed by atoms with van der Waals surface area (Å²) in [7, 11) is 1.68. The first-order chi connectivity index (χ1) is 10.6. The van der Waals surface area contributed by atoms with Crippen molar-refractivity contribution in [3.63, 3.8) is 0 Å². The molecule has 2 rings (SSSR count). The van der Waals surface area contributed by atoms with Crippen molar-refractivity contribution < 1.29 is 9.53 Å². The minimum Gasteiger partial charge on any atom is -0.497 e. The highest BCUT2D eigenvalue weighted by Crippen LogP contribution is 2.23. The number of methoxy groups -OCH3 is 1. The summed E-state index contributed by atoms with van der Waals surface area (Å²) in [5.41, 5.74) is 1.23. The van der Waals surface area contributed by atoms with E-state index in [4.69, 9.17) is 4.74 Å². The predicted molar refractivity (Wildman–Crippen MR) is 90.4 cm³/mol. The van der Waals surface area contributed by atoms with Gasteiger partial charge in [-0.05, 0) is 43.5 Å². The van der Waals surface area contributed by atoms with Crippen LogP contribution in [0, 0.1) is 5.92 Å². The van der Waals surface area contributed by atoms with Gasteiger partial charge in [0.05, 0.1) is 7.11 Å². The molecule has 1 aliphatic heterocycles. The van der Waals surface area contributed by atoms with E-state index in [1.807, 2.05) is 19.1 Å². The van der Waals surface area contributed by atoms with Crippen LogP contribution < -0.4 is 15.0 Å². The Hall–Kier alpha value is -1.71. The smallest absolute Gasteiger partial charge is 0.223 e. The van der Waals surface area contributed by atoms with Crippen molar-refractivity contribution in [2.75, 3.05) is 25.1 Å². The third-order valence-electron chi connectivity index (χ3n) is 4.45. The van der Waals surface area contributed by atoms with Gasteiger partial charge in [0.25, 0.3) is 0 Å². The van der Waals surface area contributed by atoms with E-state index in [-0.39, 0.29) is 11.8 Å². The lowest BCUT2D eigenvalue weighted by molar-refractivity contribution is -0.125. The molecule has 1 aromatic carbocycles. The van der Waals surface area contributed by atoms with Gasteiger partial charge in [-0.1, -0.05) is 20.3 Å². The number of hydrogen-bond donors (Lipinski definition) is 1. The van der Waals surface area contributed by atoms with Crippen molar-refractivity contribution in [3.8, 4) is 5.75 Å². The number of carbonyl (C=O) groups excluding carboxylic acids is 1. The van der Waals surface area contributed by atoms with E-state index >= 15 is 0 Å². The van der Waals surface area contributed by atoms with Crippen molar-refractivity contribution in [3.05, 3.63) is 24.3 Å². The Kier molecular flexibility index (Phi) is 6.10. The van der Waals surface area contributed by atoms with Crippen LogP contribution in [-0.4, -0.2) is 32.1 Å². The molecule has 1 atom stereocenters. The maximum absolute atomic E-state index is 12.1. The summed E-state index contributed by atoms with van der Waals surface area (Å²) in [5, 5.41) is 3.21. The molecule has 1 amide bonds. The molecule has 1 aliphatic rings. The number of nitrogens with zero attached hydrogens (tertiary/aromatic N) is 1. The second-order valence-corrected chi connectivity index (χ2v) is 6.16. The van der Waals surface area contributed by atoms with Crippen LogP contribution in [0.3, 0.4) is 0 Å². The van der Waals surface area contributed by atoms with Gasteiger partial charge < -0.3 is 15.0 Å². The van der Waals surface area contributed by atoms with Gasteiger partial charge in [0, 0.05) is 30.7 Å². The molecule has 1 saturated heterocycles. The fourth-order valence-electron chi connectivity index (χ4n) is 2.98. The van der Waals surface area contributed by atoms with Gasteiger partial charge in [-0.25, -0.2) is 0 Å². The van der Waals surface area contributed by atoms with E-state index in [1.165, 1.54) is 5.69 Å². The van der Waals surface area contributed by atoms with Crippen LogP contribution in [0.15, 0.2) is 24.3 Å². The number of anilines is 1. The fraction of sp³-hybridized carbons (Fsp3) is 0.611. The van der Waals surface area contributed by atoms with Crippen LogP contribution in [-0.2, 0) is 4.79 Å². The van der Waals surface area contributed by atoms with Crippen LogP contribution in [0.4, 0.5) is 5.69 Å². The lowest BCUT2D eigenvalue weighted by Gasteiger charge is -2.34. The molecule has 122 valence electrons. The van der Waals surface area contributed by atoms with Gasteiger partial charge in [-0.2, -0.15) is 0 Å². The average Bonchev–Trinajstić information content (AvgIpc) is 2.56. The normalized spacial score (nSPS) is 17.1. The van der Waals surface area contributed by atoms with E-state index < -0.39 is 0 Å². The molecule has 0 bridgehead atoms. The highest BCUT2D eigenvalue weighted by atomic mass is 16.5. The average molecular weight is 304 g/mol. The first-order valence-electron chi connectivity index (χ1n) is 8.33. The van der Waals surface area contributed by atoms with Gasteiger partial charge in [-0.15, -0.1) is 0 Å². The lowest BCUT2D eigenvalue weighted by atomic mass is 10.0. The molecule has 1 heterocycles. The third-order valence-corrected chi connectivity index (χ3v) is 4.45. The zero-order valence-electron chi connectivity index (χ0n) is 14.0. The quantitative estimate of drug-likeness (QED) is 0.877. The Morgan fingerprint density at radius 1 is 1.32 bits per heavy atom. The Bertz CT molecular complexity index is 464. The number of hydrogen-bond acceptors (Lipinski definition) is 3. The van der Waals surface area contributed by atoms with Gasteiger partial charge in [0.1, 0.15) is 5.75 Å². The zero-order chi connectivity index (χ0) is 15.9. The van der Waals surface area contributed by atoms with E-state index in [9.17, 15) is 4.79 Å². The molecule has 22 heavy (non-hydrogen) atoms. The first-order valence-corrected chi connectivity index (χ1v) is 8.33. The number of benzene rings is 1. The molecule has 1 aromatic rings. The summed E-state index contributed by atoms with van der Waals surface area (Å²) in [6.45, 7) is 6.11. The molecule has 1 fully saturated rings. The summed E-state index contributed by atoms with van der Waals surface area (Å²) in [6, 6.07) is 8.51. The van der Waals surface area contributed by atoms with Crippen molar-refractivity contribution in [1.29, 1.82) is 0 Å². The summed E-state index contributed by atoms with van der Waals surface area (Å²) in [4.78, 5) is 14.5. The monoisotopic (exact) mass is 304 g/mol. The number of carbonyl (C=O) groups is 1. The lowest BCUT2D eigenvalue weighted by Crippen LogP contribution is -2.46. The maximum Gasteiger partial charge on any atom is 0.223 e. The van der Waals surface area contributed by atoms with Crippen molar-refractivity contribution >= 4 is 11.6 Å². The second-order valence-electron chi connectivity index (χ2n) is 6.16. The molecule has 0 radical (unpaired) electrons. The molecule has 4 heteroatoms. The Labute approximate surface area is 133 Å². The minimum atomic E-state index is 0.129. The van der Waals surface area contributed by atoms with E-state index in [0.29, 0.717) is 6.04 Å². The molecular weight excluding hydrogens is 276 g/mol. The standard InChI is InChI=1S/C18H28N2O2/c1-4-5-14(2)18(21)19-15-10-12-20(13-11-15)16-6-8-17(22-3)9-7-16/h6-9,14-15H,4-5,10-13H2,1-3H3,(H,19,21)/t14-/m0/s1. The Balaban J connectivity index is 1.81. The fourth-order valence-corrected chi connectivity index (χ4v) is 2.98. The summed E-state index contributed by atoms with van der Waals surface area (Å²) in [6.07, 6.45) is 4.05. The van der Waals surface area contributed by atoms with Crippen LogP contribution in [0.5, 0.6) is 5.75 Å². The number of ether oxygens (including phenoxy) is 1. The van der Waals surface area contributed by atoms with Crippen LogP contribution in [0.25, 0.3) is 0 Å². The molecule has 0 aromatic heterocycles. The Morgan fingerprint density at radius 2 is 1.95 bits per heavy atom. The van der Waals surface area contributed by atoms with Crippen LogP contribution >= 0.6 is 0 Å². The van der Waals surface area contributed by atoms with Crippen molar-refractivity contribution in [2.45, 2.75) is 45.6 Å². The van der Waals surface area contributed by atoms with E-state index in [1.54, 1.807) is 7.11 Å². The van der Waals surface area contributed by atoms with Gasteiger partial charge in [0.2, 0.25) is 5.91 Å². The number of nitrogens with one attached hydrogen (secondary N) is 1. The SMILES string of the molecule is CCC[C@H](C)C(=O)NC1CCN(c2ccc(OC)cc2)CC1. The Morgan fingerprint density at radius 3 is 2.50 bits per heavy atom.